The highest BCUT2D eigenvalue weighted by atomic mass is 19.4. The Balaban J connectivity index is 2.13. The van der Waals surface area contributed by atoms with Crippen LogP contribution in [0.4, 0.5) is 13.2 Å². The van der Waals surface area contributed by atoms with E-state index in [9.17, 15) is 18.3 Å². The van der Waals surface area contributed by atoms with Crippen LogP contribution in [-0.2, 0) is 6.18 Å². The van der Waals surface area contributed by atoms with E-state index in [0.717, 1.165) is 37.3 Å². The number of rotatable bonds is 3. The fourth-order valence-electron chi connectivity index (χ4n) is 3.08. The Morgan fingerprint density at radius 1 is 1.30 bits per heavy atom. The zero-order chi connectivity index (χ0) is 14.8. The molecular formula is C16H19F3O. The molecule has 1 N–H and O–H groups in total. The molecule has 1 aromatic carbocycles. The zero-order valence-electron chi connectivity index (χ0n) is 11.3. The number of benzene rings is 1. The van der Waals surface area contributed by atoms with Crippen molar-refractivity contribution < 1.29 is 18.3 Å². The minimum absolute atomic E-state index is 0.149. The van der Waals surface area contributed by atoms with Gasteiger partial charge in [-0.05, 0) is 42.7 Å². The fourth-order valence-corrected chi connectivity index (χ4v) is 3.08. The van der Waals surface area contributed by atoms with E-state index >= 15 is 0 Å². The Bertz CT molecular complexity index is 479. The molecule has 1 aliphatic rings. The molecule has 1 nitrogen and oxygen atoms in total. The molecule has 1 fully saturated rings. The zero-order valence-corrected chi connectivity index (χ0v) is 11.3. The molecule has 4 heteroatoms. The van der Waals surface area contributed by atoms with Gasteiger partial charge in [0.25, 0.3) is 0 Å². The van der Waals surface area contributed by atoms with Crippen molar-refractivity contribution in [1.82, 2.24) is 0 Å². The van der Waals surface area contributed by atoms with Crippen LogP contribution in [0.1, 0.15) is 49.1 Å². The Hall–Kier alpha value is -1.45. The van der Waals surface area contributed by atoms with Crippen molar-refractivity contribution in [3.05, 3.63) is 47.7 Å². The van der Waals surface area contributed by atoms with E-state index in [1.54, 1.807) is 6.07 Å². The van der Waals surface area contributed by atoms with Gasteiger partial charge < -0.3 is 5.11 Å². The first-order valence-corrected chi connectivity index (χ1v) is 6.90. The van der Waals surface area contributed by atoms with Gasteiger partial charge in [0.05, 0.1) is 11.3 Å². The van der Waals surface area contributed by atoms with Crippen molar-refractivity contribution in [3.8, 4) is 0 Å². The SMILES string of the molecule is C=C(O)CC1CCCC(c2cccc(C(F)(F)F)c2)C1. The van der Waals surface area contributed by atoms with E-state index in [-0.39, 0.29) is 11.7 Å². The van der Waals surface area contributed by atoms with Crippen LogP contribution < -0.4 is 0 Å². The van der Waals surface area contributed by atoms with Crippen LogP contribution in [0.15, 0.2) is 36.6 Å². The number of hydrogen-bond donors (Lipinski definition) is 1. The van der Waals surface area contributed by atoms with Crippen LogP contribution in [0.2, 0.25) is 0 Å². The monoisotopic (exact) mass is 284 g/mol. The Morgan fingerprint density at radius 2 is 2.05 bits per heavy atom. The molecule has 110 valence electrons. The molecule has 0 saturated heterocycles. The van der Waals surface area contributed by atoms with Gasteiger partial charge in [-0.1, -0.05) is 31.2 Å². The Morgan fingerprint density at radius 3 is 2.70 bits per heavy atom. The van der Waals surface area contributed by atoms with E-state index in [2.05, 4.69) is 6.58 Å². The summed E-state index contributed by atoms with van der Waals surface area (Å²) >= 11 is 0. The number of alkyl halides is 3. The molecular weight excluding hydrogens is 265 g/mol. The molecule has 1 aromatic rings. The van der Waals surface area contributed by atoms with Crippen LogP contribution in [0.25, 0.3) is 0 Å². The first-order chi connectivity index (χ1) is 9.36. The lowest BCUT2D eigenvalue weighted by molar-refractivity contribution is -0.137. The highest BCUT2D eigenvalue weighted by Crippen LogP contribution is 2.40. The van der Waals surface area contributed by atoms with Gasteiger partial charge in [0.15, 0.2) is 0 Å². The number of aliphatic hydroxyl groups excluding tert-OH is 1. The van der Waals surface area contributed by atoms with Crippen LogP contribution >= 0.6 is 0 Å². The molecule has 1 aliphatic carbocycles. The molecule has 0 aliphatic heterocycles. The van der Waals surface area contributed by atoms with Crippen molar-refractivity contribution >= 4 is 0 Å². The Kier molecular flexibility index (Phi) is 4.41. The van der Waals surface area contributed by atoms with Crippen molar-refractivity contribution in [2.45, 2.75) is 44.2 Å². The summed E-state index contributed by atoms with van der Waals surface area (Å²) in [5.41, 5.74) is 0.178. The van der Waals surface area contributed by atoms with Gasteiger partial charge in [-0.3, -0.25) is 0 Å². The maximum Gasteiger partial charge on any atom is 0.416 e. The average Bonchev–Trinajstić information content (AvgIpc) is 2.37. The number of allylic oxidation sites excluding steroid dienone is 1. The summed E-state index contributed by atoms with van der Waals surface area (Å²) in [4.78, 5) is 0. The predicted octanol–water partition coefficient (Wildman–Crippen LogP) is 5.44. The van der Waals surface area contributed by atoms with Gasteiger partial charge in [-0.15, -0.1) is 0 Å². The standard InChI is InChI=1S/C16H19F3O/c1-11(20)8-12-4-2-5-13(9-12)14-6-3-7-15(10-14)16(17,18)19/h3,6-7,10,12-13,20H,1-2,4-5,8-9H2. The summed E-state index contributed by atoms with van der Waals surface area (Å²) in [6.45, 7) is 3.50. The second-order valence-corrected chi connectivity index (χ2v) is 5.62. The van der Waals surface area contributed by atoms with Crippen LogP contribution in [0.3, 0.4) is 0 Å². The highest BCUT2D eigenvalue weighted by Gasteiger charge is 2.31. The van der Waals surface area contributed by atoms with Crippen molar-refractivity contribution in [3.63, 3.8) is 0 Å². The molecule has 2 rings (SSSR count). The summed E-state index contributed by atoms with van der Waals surface area (Å²) in [7, 11) is 0. The smallest absolute Gasteiger partial charge is 0.416 e. The summed E-state index contributed by atoms with van der Waals surface area (Å²) in [5, 5.41) is 9.27. The topological polar surface area (TPSA) is 20.2 Å². The Labute approximate surface area is 117 Å². The molecule has 0 bridgehead atoms. The second-order valence-electron chi connectivity index (χ2n) is 5.62. The molecule has 2 unspecified atom stereocenters. The average molecular weight is 284 g/mol. The van der Waals surface area contributed by atoms with Gasteiger partial charge >= 0.3 is 6.18 Å². The quantitative estimate of drug-likeness (QED) is 0.733. The van der Waals surface area contributed by atoms with E-state index in [4.69, 9.17) is 0 Å². The molecule has 20 heavy (non-hydrogen) atoms. The van der Waals surface area contributed by atoms with Crippen LogP contribution in [-0.4, -0.2) is 5.11 Å². The normalized spacial score (nSPS) is 23.6. The molecule has 2 atom stereocenters. The lowest BCUT2D eigenvalue weighted by Crippen LogP contribution is -2.15. The summed E-state index contributed by atoms with van der Waals surface area (Å²) < 4.78 is 38.2. The van der Waals surface area contributed by atoms with E-state index in [1.165, 1.54) is 12.1 Å². The molecule has 0 amide bonds. The summed E-state index contributed by atoms with van der Waals surface area (Å²) in [6.07, 6.45) is -0.0105. The minimum Gasteiger partial charge on any atom is -0.513 e. The van der Waals surface area contributed by atoms with Crippen molar-refractivity contribution in [2.75, 3.05) is 0 Å². The van der Waals surface area contributed by atoms with Gasteiger partial charge in [0.1, 0.15) is 0 Å². The molecule has 0 heterocycles. The third-order valence-corrected chi connectivity index (χ3v) is 3.99. The van der Waals surface area contributed by atoms with E-state index in [0.29, 0.717) is 12.3 Å². The fraction of sp³-hybridized carbons (Fsp3) is 0.500. The predicted molar refractivity (Wildman–Crippen MR) is 72.5 cm³/mol. The number of aliphatic hydroxyl groups is 1. The minimum atomic E-state index is -4.29. The van der Waals surface area contributed by atoms with Crippen LogP contribution in [0.5, 0.6) is 0 Å². The summed E-state index contributed by atoms with van der Waals surface area (Å²) in [5.74, 6) is 0.635. The lowest BCUT2D eigenvalue weighted by Gasteiger charge is -2.29. The van der Waals surface area contributed by atoms with Gasteiger partial charge in [0, 0.05) is 6.42 Å². The lowest BCUT2D eigenvalue weighted by atomic mass is 9.76. The highest BCUT2D eigenvalue weighted by molar-refractivity contribution is 5.28. The van der Waals surface area contributed by atoms with Crippen LogP contribution in [0, 0.1) is 5.92 Å². The third-order valence-electron chi connectivity index (χ3n) is 3.99. The van der Waals surface area contributed by atoms with E-state index in [1.807, 2.05) is 0 Å². The molecule has 0 radical (unpaired) electrons. The maximum atomic E-state index is 12.7. The maximum absolute atomic E-state index is 12.7. The second kappa shape index (κ2) is 5.90. The van der Waals surface area contributed by atoms with Crippen molar-refractivity contribution in [2.24, 2.45) is 5.92 Å². The van der Waals surface area contributed by atoms with Gasteiger partial charge in [-0.2, -0.15) is 13.2 Å². The largest absolute Gasteiger partial charge is 0.513 e. The molecule has 0 aromatic heterocycles. The van der Waals surface area contributed by atoms with Gasteiger partial charge in [-0.25, -0.2) is 0 Å². The molecule has 1 saturated carbocycles. The first kappa shape index (κ1) is 14.9. The number of halogens is 3. The third kappa shape index (κ3) is 3.78. The van der Waals surface area contributed by atoms with Gasteiger partial charge in [0.2, 0.25) is 0 Å². The van der Waals surface area contributed by atoms with E-state index < -0.39 is 11.7 Å². The summed E-state index contributed by atoms with van der Waals surface area (Å²) in [6, 6.07) is 5.63. The first-order valence-electron chi connectivity index (χ1n) is 6.90. The number of hydrogen-bond acceptors (Lipinski definition) is 1. The molecule has 0 spiro atoms. The van der Waals surface area contributed by atoms with Crippen molar-refractivity contribution in [1.29, 1.82) is 0 Å².